The molecule has 0 saturated heterocycles. The van der Waals surface area contributed by atoms with Gasteiger partial charge in [-0.1, -0.05) is 6.07 Å². The van der Waals surface area contributed by atoms with Crippen LogP contribution in [0, 0.1) is 5.82 Å². The number of aryl methyl sites for hydroxylation is 1. The number of thiophene rings is 1. The fourth-order valence-corrected chi connectivity index (χ4v) is 4.62. The van der Waals surface area contributed by atoms with Gasteiger partial charge in [-0.05, 0) is 35.7 Å². The first kappa shape index (κ1) is 29.6. The van der Waals surface area contributed by atoms with Crippen molar-refractivity contribution in [3.8, 4) is 10.4 Å². The number of anilines is 1. The van der Waals surface area contributed by atoms with Gasteiger partial charge in [-0.15, -0.1) is 11.3 Å². The lowest BCUT2D eigenvalue weighted by Crippen LogP contribution is -2.30. The summed E-state index contributed by atoms with van der Waals surface area (Å²) < 4.78 is 74.0. The number of aliphatic carboxylic acids is 1. The van der Waals surface area contributed by atoms with E-state index in [2.05, 4.69) is 5.10 Å². The molecule has 39 heavy (non-hydrogen) atoms. The number of hydrogen-bond acceptors (Lipinski definition) is 6. The first-order valence-electron chi connectivity index (χ1n) is 11.1. The van der Waals surface area contributed by atoms with Crippen LogP contribution in [-0.2, 0) is 29.1 Å². The molecule has 0 saturated carbocycles. The van der Waals surface area contributed by atoms with E-state index in [0.717, 1.165) is 26.1 Å². The monoisotopic (exact) mass is 577 g/mol. The highest BCUT2D eigenvalue weighted by molar-refractivity contribution is 7.15. The number of carboxylic acids is 1. The van der Waals surface area contributed by atoms with Gasteiger partial charge in [-0.2, -0.15) is 27.1 Å². The Kier molecular flexibility index (Phi) is 9.01. The molecule has 3 N–H and O–H groups in total. The molecule has 0 radical (unpaired) electrons. The highest BCUT2D eigenvalue weighted by Gasteiger charge is 2.38. The van der Waals surface area contributed by atoms with E-state index in [1.165, 1.54) is 23.7 Å². The molecule has 1 aliphatic heterocycles. The van der Waals surface area contributed by atoms with E-state index in [0.29, 0.717) is 22.6 Å². The van der Waals surface area contributed by atoms with E-state index in [4.69, 9.17) is 15.6 Å². The maximum Gasteiger partial charge on any atom is 0.490 e. The molecule has 2 aromatic heterocycles. The van der Waals surface area contributed by atoms with Crippen molar-refractivity contribution in [3.05, 3.63) is 69.0 Å². The van der Waals surface area contributed by atoms with Crippen LogP contribution in [-0.4, -0.2) is 51.1 Å². The molecular weight excluding hydrogens is 556 g/mol. The Balaban J connectivity index is 0.000000532. The van der Waals surface area contributed by atoms with Gasteiger partial charge in [0, 0.05) is 36.2 Å². The molecule has 1 aliphatic rings. The molecule has 0 bridgehead atoms. The summed E-state index contributed by atoms with van der Waals surface area (Å²) in [6.45, 7) is -0.887. The second-order valence-electron chi connectivity index (χ2n) is 8.25. The van der Waals surface area contributed by atoms with Crippen LogP contribution in [0.1, 0.15) is 16.9 Å². The van der Waals surface area contributed by atoms with Crippen LogP contribution in [0.4, 0.5) is 32.0 Å². The summed E-state index contributed by atoms with van der Waals surface area (Å²) in [5, 5.41) is 11.0. The fraction of sp³-hybridized carbons (Fsp3) is 0.304. The van der Waals surface area contributed by atoms with Gasteiger partial charge in [0.1, 0.15) is 12.1 Å². The van der Waals surface area contributed by atoms with Gasteiger partial charge in [0.25, 0.3) is 6.08 Å². The summed E-state index contributed by atoms with van der Waals surface area (Å²) >= 11 is 1.20. The van der Waals surface area contributed by atoms with Crippen molar-refractivity contribution in [2.75, 3.05) is 18.5 Å². The molecule has 0 spiro atoms. The van der Waals surface area contributed by atoms with Crippen LogP contribution in [0.15, 0.2) is 47.0 Å². The largest absolute Gasteiger partial charge is 0.490 e. The highest BCUT2D eigenvalue weighted by Crippen LogP contribution is 2.35. The molecule has 210 valence electrons. The first-order valence-corrected chi connectivity index (χ1v) is 11.9. The number of carbonyl (C=O) groups excluding carboxylic acids is 1. The SMILES string of the molecule is CN1C(=O)CCc2cc(-c3cc(F)c(Cn4cnn(CC(CN)=C(F)F)c4=O)s3)ccc21.O=C(O)C(F)(F)F. The Morgan fingerprint density at radius 1 is 1.18 bits per heavy atom. The van der Waals surface area contributed by atoms with Crippen LogP contribution in [0.25, 0.3) is 10.4 Å². The number of rotatable bonds is 6. The van der Waals surface area contributed by atoms with Crippen molar-refractivity contribution in [2.45, 2.75) is 32.1 Å². The van der Waals surface area contributed by atoms with Crippen LogP contribution in [0.5, 0.6) is 0 Å². The van der Waals surface area contributed by atoms with Crippen molar-refractivity contribution < 1.29 is 41.0 Å². The van der Waals surface area contributed by atoms with Crippen molar-refractivity contribution in [1.29, 1.82) is 0 Å². The zero-order chi connectivity index (χ0) is 29.1. The number of carboxylic acid groups (broad SMARTS) is 1. The summed E-state index contributed by atoms with van der Waals surface area (Å²) in [7, 11) is 1.73. The molecule has 9 nitrogen and oxygen atoms in total. The minimum absolute atomic E-state index is 0.0593. The third kappa shape index (κ3) is 6.94. The van der Waals surface area contributed by atoms with Gasteiger partial charge in [-0.3, -0.25) is 9.36 Å². The Morgan fingerprint density at radius 2 is 1.85 bits per heavy atom. The zero-order valence-electron chi connectivity index (χ0n) is 20.1. The Hall–Kier alpha value is -3.92. The van der Waals surface area contributed by atoms with E-state index < -0.39 is 42.8 Å². The van der Waals surface area contributed by atoms with E-state index in [9.17, 15) is 35.9 Å². The van der Waals surface area contributed by atoms with E-state index >= 15 is 0 Å². The summed E-state index contributed by atoms with van der Waals surface area (Å²) in [5.41, 5.74) is 6.94. The number of benzene rings is 1. The molecule has 0 unspecified atom stereocenters. The van der Waals surface area contributed by atoms with E-state index in [1.807, 2.05) is 18.2 Å². The number of nitrogens with zero attached hydrogens (tertiary/aromatic N) is 4. The lowest BCUT2D eigenvalue weighted by atomic mass is 9.98. The maximum absolute atomic E-state index is 14.6. The minimum Gasteiger partial charge on any atom is -0.475 e. The van der Waals surface area contributed by atoms with Gasteiger partial charge < -0.3 is 15.7 Å². The summed E-state index contributed by atoms with van der Waals surface area (Å²) in [5.74, 6) is -3.16. The lowest BCUT2D eigenvalue weighted by Gasteiger charge is -2.26. The molecule has 0 aliphatic carbocycles. The number of aromatic nitrogens is 3. The Labute approximate surface area is 220 Å². The molecule has 1 amide bonds. The number of hydrogen-bond donors (Lipinski definition) is 2. The van der Waals surface area contributed by atoms with Crippen molar-refractivity contribution in [3.63, 3.8) is 0 Å². The predicted molar refractivity (Wildman–Crippen MR) is 129 cm³/mol. The van der Waals surface area contributed by atoms with Crippen LogP contribution in [0.2, 0.25) is 0 Å². The molecular formula is C23H21F6N5O4S. The van der Waals surface area contributed by atoms with Gasteiger partial charge in [0.05, 0.1) is 18.0 Å². The number of carbonyl (C=O) groups is 2. The van der Waals surface area contributed by atoms with Gasteiger partial charge >= 0.3 is 17.8 Å². The normalized spacial score (nSPS) is 13.0. The van der Waals surface area contributed by atoms with Crippen molar-refractivity contribution >= 4 is 28.9 Å². The summed E-state index contributed by atoms with van der Waals surface area (Å²) in [6.07, 6.45) is -4.78. The van der Waals surface area contributed by atoms with Crippen LogP contribution in [0.3, 0.4) is 0 Å². The third-order valence-electron chi connectivity index (χ3n) is 5.67. The average Bonchev–Trinajstić information content (AvgIpc) is 3.41. The molecule has 4 rings (SSSR count). The average molecular weight is 578 g/mol. The minimum atomic E-state index is -5.08. The zero-order valence-corrected chi connectivity index (χ0v) is 21.0. The number of halogens is 6. The molecule has 3 aromatic rings. The fourth-order valence-electron chi connectivity index (χ4n) is 3.59. The van der Waals surface area contributed by atoms with Gasteiger partial charge in [0.15, 0.2) is 0 Å². The third-order valence-corrected chi connectivity index (χ3v) is 6.82. The standard InChI is InChI=1S/C21H20F3N5O2S.C2HF3O2/c1-27-16-4-2-13(6-12(16)3-5-19(27)30)17-7-15(22)18(32-17)10-28-11-26-29(21(28)31)9-14(8-25)20(23)24;3-2(4,5)1(6)7/h2,4,6-7,11H,3,5,8-10,25H2,1H3;(H,6,7). The molecule has 0 atom stereocenters. The quantitative estimate of drug-likeness (QED) is 0.432. The molecule has 0 fully saturated rings. The van der Waals surface area contributed by atoms with Crippen LogP contribution < -0.4 is 16.3 Å². The molecule has 3 heterocycles. The Bertz CT molecular complexity index is 1470. The van der Waals surface area contributed by atoms with Gasteiger partial charge in [-0.25, -0.2) is 18.7 Å². The topological polar surface area (TPSA) is 123 Å². The maximum atomic E-state index is 14.6. The second-order valence-corrected chi connectivity index (χ2v) is 9.38. The van der Waals surface area contributed by atoms with Gasteiger partial charge in [0.2, 0.25) is 5.91 Å². The molecule has 1 aromatic carbocycles. The summed E-state index contributed by atoms with van der Waals surface area (Å²) in [4.78, 5) is 35.8. The molecule has 16 heteroatoms. The number of amides is 1. The van der Waals surface area contributed by atoms with Crippen molar-refractivity contribution in [1.82, 2.24) is 14.3 Å². The number of nitrogens with two attached hydrogens (primary N) is 1. The highest BCUT2D eigenvalue weighted by atomic mass is 32.1. The first-order chi connectivity index (χ1) is 18.2. The summed E-state index contributed by atoms with van der Waals surface area (Å²) in [6, 6.07) is 7.03. The van der Waals surface area contributed by atoms with E-state index in [1.54, 1.807) is 11.9 Å². The van der Waals surface area contributed by atoms with E-state index in [-0.39, 0.29) is 18.0 Å². The number of alkyl halides is 3. The second kappa shape index (κ2) is 11.9. The Morgan fingerprint density at radius 3 is 2.44 bits per heavy atom. The smallest absolute Gasteiger partial charge is 0.475 e. The lowest BCUT2D eigenvalue weighted by molar-refractivity contribution is -0.192. The predicted octanol–water partition coefficient (Wildman–Crippen LogP) is 3.61. The number of fused-ring (bicyclic) bond motifs is 1. The van der Waals surface area contributed by atoms with Crippen molar-refractivity contribution in [2.24, 2.45) is 5.73 Å². The van der Waals surface area contributed by atoms with Crippen LogP contribution >= 0.6 is 11.3 Å².